The minimum atomic E-state index is -4.52. The minimum absolute atomic E-state index is 0.0781. The first-order chi connectivity index (χ1) is 18.5. The van der Waals surface area contributed by atoms with Crippen LogP contribution in [0.3, 0.4) is 0 Å². The standard InChI is InChI=1S/C28H30BrF2N3O4S/c29-21-9-7-20(8-10-21)28(30,31)26(27(35)34-14-13-22(32)17-34)33-39(36,37)25-12-6-18-15-24(11-5-19(18)16-25)38-23-3-1-2-4-23/h5-12,15-16,22-23,26,33H,1-4,13-14,17,32H2. The fraction of sp³-hybridized carbons (Fsp3) is 0.393. The number of nitrogens with two attached hydrogens (primary N) is 1. The number of hydrogen-bond acceptors (Lipinski definition) is 5. The number of likely N-dealkylation sites (tertiary alicyclic amines) is 1. The van der Waals surface area contributed by atoms with Crippen molar-refractivity contribution in [3.8, 4) is 5.75 Å². The van der Waals surface area contributed by atoms with Gasteiger partial charge in [-0.2, -0.15) is 13.5 Å². The van der Waals surface area contributed by atoms with Crippen molar-refractivity contribution in [2.75, 3.05) is 13.1 Å². The number of nitrogens with zero attached hydrogens (tertiary/aromatic N) is 1. The van der Waals surface area contributed by atoms with Crippen LogP contribution in [0.15, 0.2) is 70.0 Å². The number of halogens is 3. The van der Waals surface area contributed by atoms with E-state index in [1.165, 1.54) is 29.2 Å². The molecule has 2 aliphatic rings. The van der Waals surface area contributed by atoms with Crippen molar-refractivity contribution < 1.29 is 26.7 Å². The van der Waals surface area contributed by atoms with Crippen LogP contribution in [0.2, 0.25) is 0 Å². The SMILES string of the molecule is NC1CCN(C(=O)C(NS(=O)(=O)c2ccc3cc(OC4CCCC4)ccc3c2)C(F)(F)c2ccc(Br)cc2)C1. The van der Waals surface area contributed by atoms with Crippen LogP contribution < -0.4 is 15.2 Å². The summed E-state index contributed by atoms with van der Waals surface area (Å²) in [5, 5.41) is 1.35. The average molecular weight is 623 g/mol. The number of sulfonamides is 1. The van der Waals surface area contributed by atoms with E-state index in [4.69, 9.17) is 10.5 Å². The van der Waals surface area contributed by atoms with Crippen LogP contribution >= 0.6 is 15.9 Å². The fourth-order valence-electron chi connectivity index (χ4n) is 5.15. The highest BCUT2D eigenvalue weighted by molar-refractivity contribution is 9.10. The molecule has 11 heteroatoms. The maximum absolute atomic E-state index is 15.8. The zero-order valence-corrected chi connectivity index (χ0v) is 23.6. The Morgan fingerprint density at radius 1 is 1.03 bits per heavy atom. The summed E-state index contributed by atoms with van der Waals surface area (Å²) in [5.41, 5.74) is 5.41. The quantitative estimate of drug-likeness (QED) is 0.372. The molecule has 2 atom stereocenters. The van der Waals surface area contributed by atoms with E-state index in [2.05, 4.69) is 15.9 Å². The highest BCUT2D eigenvalue weighted by atomic mass is 79.9. The summed E-state index contributed by atoms with van der Waals surface area (Å²) in [5.74, 6) is -4.15. The Labute approximate surface area is 234 Å². The van der Waals surface area contributed by atoms with Gasteiger partial charge in [0.15, 0.2) is 6.04 Å². The van der Waals surface area contributed by atoms with Crippen LogP contribution in [-0.4, -0.2) is 50.5 Å². The number of rotatable bonds is 8. The van der Waals surface area contributed by atoms with Gasteiger partial charge >= 0.3 is 0 Å². The molecule has 2 fully saturated rings. The van der Waals surface area contributed by atoms with Gasteiger partial charge in [0.2, 0.25) is 15.9 Å². The van der Waals surface area contributed by atoms with Gasteiger partial charge in [-0.1, -0.05) is 40.2 Å². The summed E-state index contributed by atoms with van der Waals surface area (Å²) in [7, 11) is -4.52. The Balaban J connectivity index is 1.44. The molecule has 208 valence electrons. The molecule has 0 spiro atoms. The van der Waals surface area contributed by atoms with Gasteiger partial charge in [0, 0.05) is 29.2 Å². The van der Waals surface area contributed by atoms with E-state index in [0.717, 1.165) is 43.2 Å². The topological polar surface area (TPSA) is 102 Å². The van der Waals surface area contributed by atoms with Gasteiger partial charge in [0.25, 0.3) is 5.92 Å². The van der Waals surface area contributed by atoms with E-state index in [-0.39, 0.29) is 30.1 Å². The van der Waals surface area contributed by atoms with Crippen molar-refractivity contribution in [2.24, 2.45) is 5.73 Å². The van der Waals surface area contributed by atoms with Crippen molar-refractivity contribution in [3.05, 3.63) is 70.7 Å². The molecular weight excluding hydrogens is 592 g/mol. The van der Waals surface area contributed by atoms with Gasteiger partial charge in [0.1, 0.15) is 5.75 Å². The number of nitrogens with one attached hydrogen (secondary N) is 1. The van der Waals surface area contributed by atoms with Crippen LogP contribution in [-0.2, 0) is 20.7 Å². The summed E-state index contributed by atoms with van der Waals surface area (Å²) < 4.78 is 67.2. The number of alkyl halides is 2. The second-order valence-corrected chi connectivity index (χ2v) is 12.8. The monoisotopic (exact) mass is 621 g/mol. The van der Waals surface area contributed by atoms with Crippen LogP contribution in [0.1, 0.15) is 37.7 Å². The average Bonchev–Trinajstić information content (AvgIpc) is 3.58. The third-order valence-corrected chi connectivity index (χ3v) is 9.30. The summed E-state index contributed by atoms with van der Waals surface area (Å²) in [6.45, 7) is 0.255. The van der Waals surface area contributed by atoms with E-state index in [9.17, 15) is 13.2 Å². The lowest BCUT2D eigenvalue weighted by molar-refractivity contribution is -0.143. The number of amides is 1. The number of carbonyl (C=O) groups is 1. The zero-order chi connectivity index (χ0) is 27.8. The molecule has 1 heterocycles. The van der Waals surface area contributed by atoms with Crippen LogP contribution in [0.25, 0.3) is 10.8 Å². The minimum Gasteiger partial charge on any atom is -0.490 e. The molecule has 1 aliphatic heterocycles. The Morgan fingerprint density at radius 3 is 2.36 bits per heavy atom. The van der Waals surface area contributed by atoms with Crippen molar-refractivity contribution in [1.29, 1.82) is 0 Å². The molecule has 0 bridgehead atoms. The fourth-order valence-corrected chi connectivity index (χ4v) is 6.64. The van der Waals surface area contributed by atoms with E-state index in [0.29, 0.717) is 22.0 Å². The lowest BCUT2D eigenvalue weighted by atomic mass is 10.0. The van der Waals surface area contributed by atoms with E-state index >= 15 is 8.78 Å². The van der Waals surface area contributed by atoms with E-state index < -0.39 is 33.5 Å². The molecule has 1 saturated carbocycles. The van der Waals surface area contributed by atoms with E-state index in [1.807, 2.05) is 10.8 Å². The summed E-state index contributed by atoms with van der Waals surface area (Å²) in [6.07, 6.45) is 4.93. The Bertz CT molecular complexity index is 1460. The lowest BCUT2D eigenvalue weighted by Crippen LogP contribution is -2.56. The molecule has 1 saturated heterocycles. The highest BCUT2D eigenvalue weighted by Gasteiger charge is 2.50. The van der Waals surface area contributed by atoms with Crippen LogP contribution in [0.4, 0.5) is 8.78 Å². The van der Waals surface area contributed by atoms with Gasteiger partial charge in [-0.25, -0.2) is 8.42 Å². The lowest BCUT2D eigenvalue weighted by Gasteiger charge is -2.30. The number of hydrogen-bond donors (Lipinski definition) is 2. The number of carbonyl (C=O) groups excluding carboxylic acids is 1. The molecule has 1 aliphatic carbocycles. The summed E-state index contributed by atoms with van der Waals surface area (Å²) in [4.78, 5) is 14.3. The van der Waals surface area contributed by atoms with E-state index in [1.54, 1.807) is 18.2 Å². The number of ether oxygens (including phenoxy) is 1. The van der Waals surface area contributed by atoms with Crippen molar-refractivity contribution in [2.45, 2.75) is 61.1 Å². The first-order valence-corrected chi connectivity index (χ1v) is 15.2. The molecule has 3 N–H and O–H groups in total. The zero-order valence-electron chi connectivity index (χ0n) is 21.2. The highest BCUT2D eigenvalue weighted by Crippen LogP contribution is 2.35. The van der Waals surface area contributed by atoms with Crippen LogP contribution in [0.5, 0.6) is 5.75 Å². The Morgan fingerprint density at radius 2 is 1.69 bits per heavy atom. The second kappa shape index (κ2) is 11.1. The molecule has 3 aromatic rings. The largest absolute Gasteiger partial charge is 0.490 e. The first-order valence-electron chi connectivity index (χ1n) is 12.9. The number of fused-ring (bicyclic) bond motifs is 1. The van der Waals surface area contributed by atoms with Gasteiger partial charge in [-0.3, -0.25) is 4.79 Å². The van der Waals surface area contributed by atoms with Gasteiger partial charge < -0.3 is 15.4 Å². The molecule has 3 aromatic carbocycles. The number of benzene rings is 3. The molecule has 2 unspecified atom stereocenters. The summed E-state index contributed by atoms with van der Waals surface area (Å²) >= 11 is 3.21. The molecule has 1 amide bonds. The van der Waals surface area contributed by atoms with Crippen LogP contribution in [0, 0.1) is 0 Å². The second-order valence-electron chi connectivity index (χ2n) is 10.2. The smallest absolute Gasteiger partial charge is 0.298 e. The normalized spacial score (nSPS) is 19.5. The predicted molar refractivity (Wildman–Crippen MR) is 148 cm³/mol. The molecule has 0 aromatic heterocycles. The van der Waals surface area contributed by atoms with Crippen molar-refractivity contribution in [3.63, 3.8) is 0 Å². The molecular formula is C28H30BrF2N3O4S. The van der Waals surface area contributed by atoms with Gasteiger partial charge in [-0.05, 0) is 79.3 Å². The molecule has 0 radical (unpaired) electrons. The molecule has 7 nitrogen and oxygen atoms in total. The van der Waals surface area contributed by atoms with Gasteiger partial charge in [0.05, 0.1) is 11.0 Å². The maximum atomic E-state index is 15.8. The molecule has 39 heavy (non-hydrogen) atoms. The Hall–Kier alpha value is -2.60. The van der Waals surface area contributed by atoms with Gasteiger partial charge in [-0.15, -0.1) is 0 Å². The predicted octanol–water partition coefficient (Wildman–Crippen LogP) is 4.92. The maximum Gasteiger partial charge on any atom is 0.298 e. The summed E-state index contributed by atoms with van der Waals surface area (Å²) in [6, 6.07) is 12.2. The third kappa shape index (κ3) is 6.11. The molecule has 5 rings (SSSR count). The van der Waals surface area contributed by atoms with Crippen molar-refractivity contribution in [1.82, 2.24) is 9.62 Å². The van der Waals surface area contributed by atoms with Crippen molar-refractivity contribution >= 4 is 42.6 Å². The third-order valence-electron chi connectivity index (χ3n) is 7.35. The Kier molecular flexibility index (Phi) is 7.96. The first kappa shape index (κ1) is 27.9.